The molecule has 3 nitrogen and oxygen atoms in total. The summed E-state index contributed by atoms with van der Waals surface area (Å²) in [5.41, 5.74) is 5.46. The standard InChI is InChI=1S/C28H18N2OS/c31-28(21-17-20-7-1-2-8-23(20)29-18-21)19-13-15-22(16-14-19)30-24-9-3-5-11-26(24)32-27-12-6-4-10-25(27)30/h1-18H. The average molecular weight is 431 g/mol. The minimum Gasteiger partial charge on any atom is -0.308 e. The molecule has 1 aliphatic rings. The van der Waals surface area contributed by atoms with Crippen LogP contribution in [0.4, 0.5) is 17.1 Å². The fourth-order valence-electron chi connectivity index (χ4n) is 4.11. The van der Waals surface area contributed by atoms with E-state index in [2.05, 4.69) is 58.4 Å². The third-order valence-corrected chi connectivity index (χ3v) is 6.80. The summed E-state index contributed by atoms with van der Waals surface area (Å²) in [5, 5.41) is 0.967. The predicted octanol–water partition coefficient (Wildman–Crippen LogP) is 7.40. The first-order valence-electron chi connectivity index (χ1n) is 10.4. The number of hydrogen-bond acceptors (Lipinski definition) is 4. The van der Waals surface area contributed by atoms with Gasteiger partial charge in [0.2, 0.25) is 0 Å². The Hall–Kier alpha value is -3.89. The lowest BCUT2D eigenvalue weighted by molar-refractivity contribution is 0.103. The van der Waals surface area contributed by atoms with Crippen molar-refractivity contribution >= 4 is 45.5 Å². The molecule has 32 heavy (non-hydrogen) atoms. The average Bonchev–Trinajstić information content (AvgIpc) is 2.86. The van der Waals surface area contributed by atoms with Crippen LogP contribution in [-0.2, 0) is 0 Å². The van der Waals surface area contributed by atoms with E-state index in [4.69, 9.17) is 0 Å². The fourth-order valence-corrected chi connectivity index (χ4v) is 5.16. The van der Waals surface area contributed by atoms with Gasteiger partial charge in [0.25, 0.3) is 0 Å². The number of carbonyl (C=O) groups excluding carboxylic acids is 1. The summed E-state index contributed by atoms with van der Waals surface area (Å²) < 4.78 is 0. The molecule has 0 saturated heterocycles. The molecular weight excluding hydrogens is 412 g/mol. The molecule has 0 amide bonds. The molecule has 1 aromatic heterocycles. The molecule has 0 aliphatic carbocycles. The quantitative estimate of drug-likeness (QED) is 0.274. The zero-order valence-electron chi connectivity index (χ0n) is 17.1. The van der Waals surface area contributed by atoms with Gasteiger partial charge in [0.1, 0.15) is 0 Å². The Labute approximate surface area is 190 Å². The van der Waals surface area contributed by atoms with Gasteiger partial charge < -0.3 is 4.90 Å². The van der Waals surface area contributed by atoms with E-state index >= 15 is 0 Å². The second kappa shape index (κ2) is 7.66. The van der Waals surface area contributed by atoms with Crippen LogP contribution in [0.5, 0.6) is 0 Å². The molecular formula is C28H18N2OS. The Morgan fingerprint density at radius 2 is 1.31 bits per heavy atom. The normalized spacial score (nSPS) is 12.3. The molecule has 1 aliphatic heterocycles. The summed E-state index contributed by atoms with van der Waals surface area (Å²) in [5.74, 6) is -0.0233. The first-order chi connectivity index (χ1) is 15.8. The van der Waals surface area contributed by atoms with E-state index in [1.54, 1.807) is 18.0 Å². The zero-order valence-corrected chi connectivity index (χ0v) is 17.9. The summed E-state index contributed by atoms with van der Waals surface area (Å²) in [6, 6.07) is 34.4. The minimum absolute atomic E-state index is 0.0233. The predicted molar refractivity (Wildman–Crippen MR) is 130 cm³/mol. The SMILES string of the molecule is O=C(c1ccc(N2c3ccccc3Sc3ccccc32)cc1)c1cnc2ccccc2c1. The molecule has 0 spiro atoms. The molecule has 0 fully saturated rings. The molecule has 0 N–H and O–H groups in total. The van der Waals surface area contributed by atoms with Crippen LogP contribution in [0.3, 0.4) is 0 Å². The second-order valence-electron chi connectivity index (χ2n) is 7.67. The first-order valence-corrected chi connectivity index (χ1v) is 11.3. The highest BCUT2D eigenvalue weighted by molar-refractivity contribution is 7.99. The molecule has 0 bridgehead atoms. The van der Waals surface area contributed by atoms with E-state index in [1.807, 2.05) is 54.6 Å². The largest absolute Gasteiger partial charge is 0.308 e. The Bertz CT molecular complexity index is 1430. The summed E-state index contributed by atoms with van der Waals surface area (Å²) >= 11 is 1.78. The Morgan fingerprint density at radius 3 is 2.03 bits per heavy atom. The maximum Gasteiger partial charge on any atom is 0.194 e. The maximum absolute atomic E-state index is 13.1. The summed E-state index contributed by atoms with van der Waals surface area (Å²) in [4.78, 5) is 22.2. The second-order valence-corrected chi connectivity index (χ2v) is 8.75. The van der Waals surface area contributed by atoms with Crippen molar-refractivity contribution in [2.75, 3.05) is 4.90 Å². The van der Waals surface area contributed by atoms with Gasteiger partial charge in [0, 0.05) is 38.2 Å². The smallest absolute Gasteiger partial charge is 0.194 e. The Balaban J connectivity index is 1.38. The monoisotopic (exact) mass is 430 g/mol. The van der Waals surface area contributed by atoms with Crippen molar-refractivity contribution in [3.8, 4) is 0 Å². The van der Waals surface area contributed by atoms with Gasteiger partial charge in [-0.2, -0.15) is 0 Å². The highest BCUT2D eigenvalue weighted by Gasteiger charge is 2.24. The number of para-hydroxylation sites is 3. The third kappa shape index (κ3) is 3.17. The van der Waals surface area contributed by atoms with E-state index in [-0.39, 0.29) is 5.78 Å². The molecule has 0 atom stereocenters. The van der Waals surface area contributed by atoms with Crippen LogP contribution in [0.15, 0.2) is 119 Å². The van der Waals surface area contributed by atoms with Gasteiger partial charge >= 0.3 is 0 Å². The number of carbonyl (C=O) groups is 1. The highest BCUT2D eigenvalue weighted by atomic mass is 32.2. The summed E-state index contributed by atoms with van der Waals surface area (Å²) in [6.45, 7) is 0. The van der Waals surface area contributed by atoms with Crippen LogP contribution in [0, 0.1) is 0 Å². The van der Waals surface area contributed by atoms with Gasteiger partial charge in [-0.15, -0.1) is 0 Å². The summed E-state index contributed by atoms with van der Waals surface area (Å²) in [6.07, 6.45) is 1.66. The van der Waals surface area contributed by atoms with Crippen molar-refractivity contribution in [3.05, 3.63) is 120 Å². The number of hydrogen-bond donors (Lipinski definition) is 0. The van der Waals surface area contributed by atoms with Gasteiger partial charge in [-0.1, -0.05) is 54.2 Å². The number of ketones is 1. The fraction of sp³-hybridized carbons (Fsp3) is 0. The number of rotatable bonds is 3. The lowest BCUT2D eigenvalue weighted by atomic mass is 10.0. The van der Waals surface area contributed by atoms with Crippen LogP contribution in [0.1, 0.15) is 15.9 Å². The number of pyridine rings is 1. The van der Waals surface area contributed by atoms with Crippen molar-refractivity contribution in [2.24, 2.45) is 0 Å². The van der Waals surface area contributed by atoms with Crippen molar-refractivity contribution in [2.45, 2.75) is 9.79 Å². The molecule has 0 radical (unpaired) electrons. The van der Waals surface area contributed by atoms with Crippen molar-refractivity contribution in [1.82, 2.24) is 4.98 Å². The zero-order chi connectivity index (χ0) is 21.5. The first kappa shape index (κ1) is 18.8. The van der Waals surface area contributed by atoms with E-state index in [9.17, 15) is 4.79 Å². The third-order valence-electron chi connectivity index (χ3n) is 5.67. The van der Waals surface area contributed by atoms with Crippen molar-refractivity contribution < 1.29 is 4.79 Å². The number of anilines is 3. The van der Waals surface area contributed by atoms with Gasteiger partial charge in [0.15, 0.2) is 5.78 Å². The van der Waals surface area contributed by atoms with E-state index in [0.717, 1.165) is 28.0 Å². The van der Waals surface area contributed by atoms with E-state index in [1.165, 1.54) is 9.79 Å². The molecule has 2 heterocycles. The lowest BCUT2D eigenvalue weighted by Gasteiger charge is -2.32. The topological polar surface area (TPSA) is 33.2 Å². The molecule has 5 aromatic rings. The molecule has 0 unspecified atom stereocenters. The van der Waals surface area contributed by atoms with E-state index < -0.39 is 0 Å². The van der Waals surface area contributed by atoms with Crippen molar-refractivity contribution in [3.63, 3.8) is 0 Å². The molecule has 4 aromatic carbocycles. The van der Waals surface area contributed by atoms with E-state index in [0.29, 0.717) is 11.1 Å². The van der Waals surface area contributed by atoms with Gasteiger partial charge in [-0.25, -0.2) is 0 Å². The Morgan fingerprint density at radius 1 is 0.688 bits per heavy atom. The molecule has 6 rings (SSSR count). The van der Waals surface area contributed by atoms with Crippen LogP contribution in [0.2, 0.25) is 0 Å². The minimum atomic E-state index is -0.0233. The van der Waals surface area contributed by atoms with Gasteiger partial charge in [-0.3, -0.25) is 9.78 Å². The number of fused-ring (bicyclic) bond motifs is 3. The molecule has 4 heteroatoms. The van der Waals surface area contributed by atoms with Gasteiger partial charge in [-0.05, 0) is 60.7 Å². The van der Waals surface area contributed by atoms with Crippen LogP contribution >= 0.6 is 11.8 Å². The number of benzene rings is 4. The lowest BCUT2D eigenvalue weighted by Crippen LogP contribution is -2.14. The molecule has 152 valence electrons. The maximum atomic E-state index is 13.1. The van der Waals surface area contributed by atoms with Crippen LogP contribution < -0.4 is 4.90 Å². The highest BCUT2D eigenvalue weighted by Crippen LogP contribution is 2.51. The number of aromatic nitrogens is 1. The van der Waals surface area contributed by atoms with Crippen LogP contribution in [0.25, 0.3) is 10.9 Å². The molecule has 0 saturated carbocycles. The summed E-state index contributed by atoms with van der Waals surface area (Å²) in [7, 11) is 0. The van der Waals surface area contributed by atoms with Crippen LogP contribution in [-0.4, -0.2) is 10.8 Å². The number of nitrogens with zero attached hydrogens (tertiary/aromatic N) is 2. The van der Waals surface area contributed by atoms with Crippen molar-refractivity contribution in [1.29, 1.82) is 0 Å². The Kier molecular flexibility index (Phi) is 4.51. The van der Waals surface area contributed by atoms with Gasteiger partial charge in [0.05, 0.1) is 16.9 Å².